The molecule has 7 nitrogen and oxygen atoms in total. The minimum atomic E-state index is -1.20. The summed E-state index contributed by atoms with van der Waals surface area (Å²) < 4.78 is 6.67. The van der Waals surface area contributed by atoms with Gasteiger partial charge < -0.3 is 15.2 Å². The predicted molar refractivity (Wildman–Crippen MR) is 82.8 cm³/mol. The van der Waals surface area contributed by atoms with Gasteiger partial charge in [-0.1, -0.05) is 30.3 Å². The van der Waals surface area contributed by atoms with Crippen molar-refractivity contribution in [3.63, 3.8) is 0 Å². The number of benzene rings is 1. The van der Waals surface area contributed by atoms with E-state index < -0.39 is 18.1 Å². The number of aromatic nitrogens is 2. The number of carbonyl (C=O) groups excluding carboxylic acids is 1. The van der Waals surface area contributed by atoms with Crippen molar-refractivity contribution in [3.8, 4) is 0 Å². The Morgan fingerprint density at radius 3 is 2.57 bits per heavy atom. The molecule has 7 heteroatoms. The normalized spacial score (nSPS) is 12.0. The maximum absolute atomic E-state index is 11.8. The first-order chi connectivity index (χ1) is 11.0. The molecule has 1 unspecified atom stereocenters. The van der Waals surface area contributed by atoms with Crippen molar-refractivity contribution >= 4 is 12.1 Å². The van der Waals surface area contributed by atoms with Crippen molar-refractivity contribution < 1.29 is 19.4 Å². The van der Waals surface area contributed by atoms with Crippen LogP contribution in [0.1, 0.15) is 37.1 Å². The SMILES string of the molecule is CC(C)n1cc(C(NC(=O)OCc2ccccc2)C(=O)O)cn1. The van der Waals surface area contributed by atoms with E-state index in [0.29, 0.717) is 5.56 Å². The average Bonchev–Trinajstić information content (AvgIpc) is 3.01. The van der Waals surface area contributed by atoms with Crippen LogP contribution < -0.4 is 5.32 Å². The number of hydrogen-bond donors (Lipinski definition) is 2. The standard InChI is InChI=1S/C16H19N3O4/c1-11(2)19-9-13(8-17-19)14(15(20)21)18-16(22)23-10-12-6-4-3-5-7-12/h3-9,11,14H,10H2,1-2H3,(H,18,22)(H,20,21). The molecule has 0 aliphatic carbocycles. The molecule has 0 spiro atoms. The molecule has 1 heterocycles. The summed E-state index contributed by atoms with van der Waals surface area (Å²) in [5.41, 5.74) is 1.21. The Morgan fingerprint density at radius 1 is 1.30 bits per heavy atom. The van der Waals surface area contributed by atoms with Crippen LogP contribution in [0.2, 0.25) is 0 Å². The smallest absolute Gasteiger partial charge is 0.408 e. The number of aliphatic carboxylic acids is 1. The Morgan fingerprint density at radius 2 is 2.00 bits per heavy atom. The number of rotatable bonds is 6. The van der Waals surface area contributed by atoms with Gasteiger partial charge in [0.25, 0.3) is 0 Å². The van der Waals surface area contributed by atoms with Crippen molar-refractivity contribution in [2.24, 2.45) is 0 Å². The van der Waals surface area contributed by atoms with Crippen molar-refractivity contribution in [1.29, 1.82) is 0 Å². The second kappa shape index (κ2) is 7.44. The summed E-state index contributed by atoms with van der Waals surface area (Å²) in [4.78, 5) is 23.2. The predicted octanol–water partition coefficient (Wildman–Crippen LogP) is 2.52. The van der Waals surface area contributed by atoms with Crippen molar-refractivity contribution in [2.45, 2.75) is 32.5 Å². The third-order valence-electron chi connectivity index (χ3n) is 3.21. The van der Waals surface area contributed by atoms with Gasteiger partial charge in [-0.2, -0.15) is 5.10 Å². The molecule has 1 aromatic heterocycles. The fourth-order valence-corrected chi connectivity index (χ4v) is 1.95. The molecule has 0 bridgehead atoms. The lowest BCUT2D eigenvalue weighted by Crippen LogP contribution is -2.33. The van der Waals surface area contributed by atoms with Crippen LogP contribution in [0.5, 0.6) is 0 Å². The molecule has 0 aliphatic rings. The summed E-state index contributed by atoms with van der Waals surface area (Å²) in [7, 11) is 0. The van der Waals surface area contributed by atoms with E-state index in [1.165, 1.54) is 6.20 Å². The molecule has 122 valence electrons. The van der Waals surface area contributed by atoms with Crippen LogP contribution in [-0.2, 0) is 16.1 Å². The highest BCUT2D eigenvalue weighted by Gasteiger charge is 2.24. The number of carboxylic acids is 1. The summed E-state index contributed by atoms with van der Waals surface area (Å²) in [5.74, 6) is -1.18. The third kappa shape index (κ3) is 4.57. The van der Waals surface area contributed by atoms with Gasteiger partial charge in [-0.3, -0.25) is 4.68 Å². The van der Waals surface area contributed by atoms with Gasteiger partial charge in [-0.15, -0.1) is 0 Å². The maximum Gasteiger partial charge on any atom is 0.408 e. The first-order valence-corrected chi connectivity index (χ1v) is 7.21. The number of carboxylic acid groups (broad SMARTS) is 1. The van der Waals surface area contributed by atoms with Crippen LogP contribution in [-0.4, -0.2) is 26.9 Å². The molecule has 1 aromatic carbocycles. The molecule has 0 fully saturated rings. The maximum atomic E-state index is 11.8. The lowest BCUT2D eigenvalue weighted by molar-refractivity contribution is -0.139. The molecule has 0 saturated heterocycles. The zero-order valence-electron chi connectivity index (χ0n) is 13.0. The molecule has 2 rings (SSSR count). The molecule has 0 saturated carbocycles. The zero-order valence-corrected chi connectivity index (χ0v) is 13.0. The molecule has 0 aliphatic heterocycles. The Labute approximate surface area is 133 Å². The van der Waals surface area contributed by atoms with Crippen LogP contribution in [0.4, 0.5) is 4.79 Å². The fourth-order valence-electron chi connectivity index (χ4n) is 1.95. The van der Waals surface area contributed by atoms with Crippen LogP contribution in [0, 0.1) is 0 Å². The molecule has 2 aromatic rings. The van der Waals surface area contributed by atoms with Gasteiger partial charge >= 0.3 is 12.1 Å². The van der Waals surface area contributed by atoms with E-state index in [-0.39, 0.29) is 12.6 Å². The fraction of sp³-hybridized carbons (Fsp3) is 0.312. The summed E-state index contributed by atoms with van der Waals surface area (Å²) >= 11 is 0. The first-order valence-electron chi connectivity index (χ1n) is 7.21. The largest absolute Gasteiger partial charge is 0.479 e. The molecular weight excluding hydrogens is 298 g/mol. The van der Waals surface area contributed by atoms with Gasteiger partial charge in [0.1, 0.15) is 6.61 Å². The van der Waals surface area contributed by atoms with E-state index in [1.807, 2.05) is 44.2 Å². The number of hydrogen-bond acceptors (Lipinski definition) is 4. The molecule has 23 heavy (non-hydrogen) atoms. The summed E-state index contributed by atoms with van der Waals surface area (Å²) in [6.45, 7) is 3.92. The first kappa shape index (κ1) is 16.5. The monoisotopic (exact) mass is 317 g/mol. The lowest BCUT2D eigenvalue weighted by atomic mass is 10.1. The minimum Gasteiger partial charge on any atom is -0.479 e. The van der Waals surface area contributed by atoms with Crippen LogP contribution >= 0.6 is 0 Å². The van der Waals surface area contributed by atoms with E-state index in [0.717, 1.165) is 5.56 Å². The average molecular weight is 317 g/mol. The van der Waals surface area contributed by atoms with Gasteiger partial charge in [0.05, 0.1) is 6.20 Å². The number of ether oxygens (including phenoxy) is 1. The molecule has 1 amide bonds. The summed E-state index contributed by atoms with van der Waals surface area (Å²) in [5, 5.41) is 15.7. The van der Waals surface area contributed by atoms with E-state index >= 15 is 0 Å². The van der Waals surface area contributed by atoms with Gasteiger partial charge in [-0.05, 0) is 19.4 Å². The summed E-state index contributed by atoms with van der Waals surface area (Å²) in [6.07, 6.45) is 2.23. The lowest BCUT2D eigenvalue weighted by Gasteiger charge is -2.13. The quantitative estimate of drug-likeness (QED) is 0.854. The highest BCUT2D eigenvalue weighted by molar-refractivity contribution is 5.81. The zero-order chi connectivity index (χ0) is 16.8. The number of alkyl carbamates (subject to hydrolysis) is 1. The summed E-state index contributed by atoms with van der Waals surface area (Å²) in [6, 6.07) is 8.04. The second-order valence-electron chi connectivity index (χ2n) is 5.32. The number of nitrogens with one attached hydrogen (secondary N) is 1. The number of nitrogens with zero attached hydrogens (tertiary/aromatic N) is 2. The van der Waals surface area contributed by atoms with Crippen molar-refractivity contribution in [3.05, 3.63) is 53.9 Å². The van der Waals surface area contributed by atoms with Gasteiger partial charge in [0, 0.05) is 17.8 Å². The Hall–Kier alpha value is -2.83. The Kier molecular flexibility index (Phi) is 5.35. The van der Waals surface area contributed by atoms with Crippen LogP contribution in [0.25, 0.3) is 0 Å². The minimum absolute atomic E-state index is 0.0737. The molecule has 1 atom stereocenters. The van der Waals surface area contributed by atoms with Crippen molar-refractivity contribution in [1.82, 2.24) is 15.1 Å². The van der Waals surface area contributed by atoms with Crippen LogP contribution in [0.15, 0.2) is 42.7 Å². The number of amides is 1. The van der Waals surface area contributed by atoms with Gasteiger partial charge in [0.15, 0.2) is 6.04 Å². The molecular formula is C16H19N3O4. The van der Waals surface area contributed by atoms with E-state index in [4.69, 9.17) is 4.74 Å². The van der Waals surface area contributed by atoms with Crippen molar-refractivity contribution in [2.75, 3.05) is 0 Å². The van der Waals surface area contributed by atoms with Gasteiger partial charge in [-0.25, -0.2) is 9.59 Å². The Bertz CT molecular complexity index is 667. The molecule has 0 radical (unpaired) electrons. The molecule has 2 N–H and O–H groups in total. The van der Waals surface area contributed by atoms with E-state index in [9.17, 15) is 14.7 Å². The highest BCUT2D eigenvalue weighted by atomic mass is 16.5. The third-order valence-corrected chi connectivity index (χ3v) is 3.21. The van der Waals surface area contributed by atoms with Gasteiger partial charge in [0.2, 0.25) is 0 Å². The second-order valence-corrected chi connectivity index (χ2v) is 5.32. The van der Waals surface area contributed by atoms with E-state index in [2.05, 4.69) is 10.4 Å². The number of carbonyl (C=O) groups is 2. The van der Waals surface area contributed by atoms with Crippen LogP contribution in [0.3, 0.4) is 0 Å². The van der Waals surface area contributed by atoms with E-state index in [1.54, 1.807) is 10.9 Å². The highest BCUT2D eigenvalue weighted by Crippen LogP contribution is 2.15. The topological polar surface area (TPSA) is 93.5 Å². The Balaban J connectivity index is 1.98.